The Kier molecular flexibility index (Phi) is 6.76. The van der Waals surface area contributed by atoms with E-state index in [1.54, 1.807) is 41.9 Å². The van der Waals surface area contributed by atoms with Gasteiger partial charge in [0, 0.05) is 24.5 Å². The van der Waals surface area contributed by atoms with Gasteiger partial charge in [-0.05, 0) is 49.7 Å². The molecule has 1 fully saturated rings. The summed E-state index contributed by atoms with van der Waals surface area (Å²) in [5.74, 6) is 0.813. The van der Waals surface area contributed by atoms with Crippen LogP contribution in [-0.2, 0) is 14.8 Å². The molecular formula is C22H27N3O4S2. The number of sulfonamides is 1. The van der Waals surface area contributed by atoms with Crippen LogP contribution < -0.4 is 4.80 Å². The second kappa shape index (κ2) is 9.52. The minimum atomic E-state index is -3.51. The zero-order valence-electron chi connectivity index (χ0n) is 17.7. The van der Waals surface area contributed by atoms with Crippen molar-refractivity contribution in [3.8, 4) is 11.5 Å². The van der Waals surface area contributed by atoms with Crippen molar-refractivity contribution >= 4 is 27.0 Å². The number of hydrogen-bond donors (Lipinski definition) is 0. The van der Waals surface area contributed by atoms with Gasteiger partial charge in [0.25, 0.3) is 0 Å². The number of morpholine rings is 1. The Morgan fingerprint density at radius 3 is 2.55 bits per heavy atom. The van der Waals surface area contributed by atoms with E-state index in [0.717, 1.165) is 29.1 Å². The maximum Gasteiger partial charge on any atom is 0.243 e. The number of ether oxygens (including phenoxy) is 1. The number of nitrogens with zero attached hydrogens (tertiary/aromatic N) is 3. The summed E-state index contributed by atoms with van der Waals surface area (Å²) in [6.45, 7) is 5.97. The van der Waals surface area contributed by atoms with E-state index in [1.807, 2.05) is 12.1 Å². The molecule has 0 amide bonds. The Balaban J connectivity index is 1.67. The third kappa shape index (κ3) is 4.69. The number of benzene rings is 1. The van der Waals surface area contributed by atoms with Crippen LogP contribution in [0.5, 0.6) is 0 Å². The van der Waals surface area contributed by atoms with Crippen molar-refractivity contribution in [3.05, 3.63) is 52.8 Å². The highest BCUT2D eigenvalue weighted by molar-refractivity contribution is 7.89. The van der Waals surface area contributed by atoms with Gasteiger partial charge in [-0.3, -0.25) is 0 Å². The van der Waals surface area contributed by atoms with Crippen LogP contribution in [0.2, 0.25) is 0 Å². The lowest BCUT2D eigenvalue weighted by molar-refractivity contribution is 0.0730. The van der Waals surface area contributed by atoms with Crippen LogP contribution in [0.25, 0.3) is 11.5 Å². The first-order valence-electron chi connectivity index (χ1n) is 10.5. The molecule has 1 aliphatic heterocycles. The molecule has 0 bridgehead atoms. The van der Waals surface area contributed by atoms with Gasteiger partial charge in [0.15, 0.2) is 10.6 Å². The topological polar surface area (TPSA) is 77.0 Å². The van der Waals surface area contributed by atoms with E-state index in [9.17, 15) is 8.42 Å². The summed E-state index contributed by atoms with van der Waals surface area (Å²) in [6.07, 6.45) is 3.76. The van der Waals surface area contributed by atoms with Crippen molar-refractivity contribution in [3.63, 3.8) is 0 Å². The van der Waals surface area contributed by atoms with E-state index in [4.69, 9.17) is 14.1 Å². The monoisotopic (exact) mass is 461 g/mol. The number of aromatic nitrogens is 1. The molecule has 0 radical (unpaired) electrons. The molecule has 0 saturated carbocycles. The Bertz CT molecular complexity index is 1160. The lowest BCUT2D eigenvalue weighted by atomic mass is 10.2. The molecule has 7 nitrogen and oxygen atoms in total. The first-order valence-corrected chi connectivity index (χ1v) is 12.8. The van der Waals surface area contributed by atoms with Crippen LogP contribution >= 0.6 is 11.3 Å². The molecule has 31 heavy (non-hydrogen) atoms. The number of hydrogen-bond acceptors (Lipinski definition) is 6. The molecule has 4 rings (SSSR count). The van der Waals surface area contributed by atoms with E-state index in [2.05, 4.69) is 23.8 Å². The van der Waals surface area contributed by atoms with Crippen molar-refractivity contribution < 1.29 is 17.6 Å². The lowest BCUT2D eigenvalue weighted by Gasteiger charge is -2.26. The summed E-state index contributed by atoms with van der Waals surface area (Å²) in [5, 5.41) is 2.06. The fourth-order valence-corrected chi connectivity index (χ4v) is 6.12. The quantitative estimate of drug-likeness (QED) is 0.522. The molecule has 166 valence electrons. The average molecular weight is 462 g/mol. The lowest BCUT2D eigenvalue weighted by Crippen LogP contribution is -2.40. The Morgan fingerprint density at radius 1 is 1.16 bits per heavy atom. The first kappa shape index (κ1) is 22.0. The fraction of sp³-hybridized carbons (Fsp3) is 0.409. The molecule has 3 heterocycles. The van der Waals surface area contributed by atoms with Crippen molar-refractivity contribution in [2.75, 3.05) is 26.3 Å². The van der Waals surface area contributed by atoms with E-state index in [1.165, 1.54) is 4.31 Å². The Hall–Kier alpha value is -2.20. The van der Waals surface area contributed by atoms with Gasteiger partial charge < -0.3 is 13.7 Å². The highest BCUT2D eigenvalue weighted by Crippen LogP contribution is 2.26. The Labute approximate surface area is 186 Å². The summed E-state index contributed by atoms with van der Waals surface area (Å²) >= 11 is 1.55. The molecule has 1 aromatic carbocycles. The van der Waals surface area contributed by atoms with Crippen molar-refractivity contribution in [2.24, 2.45) is 4.99 Å². The predicted molar refractivity (Wildman–Crippen MR) is 121 cm³/mol. The van der Waals surface area contributed by atoms with Crippen LogP contribution in [0.4, 0.5) is 5.69 Å². The second-order valence-corrected chi connectivity index (χ2v) is 10.3. The first-order chi connectivity index (χ1) is 15.0. The van der Waals surface area contributed by atoms with Crippen LogP contribution in [0.1, 0.15) is 32.7 Å². The third-order valence-electron chi connectivity index (χ3n) is 5.33. The van der Waals surface area contributed by atoms with Gasteiger partial charge in [0.2, 0.25) is 10.0 Å². The van der Waals surface area contributed by atoms with Crippen molar-refractivity contribution in [1.82, 2.24) is 8.87 Å². The summed E-state index contributed by atoms with van der Waals surface area (Å²) in [7, 11) is -3.51. The van der Waals surface area contributed by atoms with Crippen molar-refractivity contribution in [2.45, 2.75) is 37.6 Å². The minimum absolute atomic E-state index is 0.260. The van der Waals surface area contributed by atoms with Gasteiger partial charge in [-0.25, -0.2) is 13.4 Å². The number of furan rings is 1. The molecular weight excluding hydrogens is 434 g/mol. The van der Waals surface area contributed by atoms with Gasteiger partial charge in [-0.1, -0.05) is 13.3 Å². The van der Waals surface area contributed by atoms with Gasteiger partial charge in [0.05, 0.1) is 35.8 Å². The smallest absolute Gasteiger partial charge is 0.243 e. The molecule has 1 unspecified atom stereocenters. The molecule has 1 aliphatic rings. The van der Waals surface area contributed by atoms with Gasteiger partial charge in [0.1, 0.15) is 0 Å². The largest absolute Gasteiger partial charge is 0.463 e. The second-order valence-electron chi connectivity index (χ2n) is 7.51. The molecule has 9 heteroatoms. The molecule has 0 spiro atoms. The predicted octanol–water partition coefficient (Wildman–Crippen LogP) is 4.42. The summed E-state index contributed by atoms with van der Waals surface area (Å²) in [6, 6.07) is 10.9. The van der Waals surface area contributed by atoms with Gasteiger partial charge in [-0.2, -0.15) is 4.31 Å². The number of rotatable bonds is 7. The zero-order valence-corrected chi connectivity index (χ0v) is 19.4. The number of thiazole rings is 1. The van der Waals surface area contributed by atoms with Gasteiger partial charge >= 0.3 is 0 Å². The van der Waals surface area contributed by atoms with Gasteiger partial charge in [-0.15, -0.1) is 11.3 Å². The molecule has 0 aliphatic carbocycles. The zero-order chi connectivity index (χ0) is 21.8. The Morgan fingerprint density at radius 2 is 1.90 bits per heavy atom. The van der Waals surface area contributed by atoms with Crippen LogP contribution in [0.3, 0.4) is 0 Å². The summed E-state index contributed by atoms with van der Waals surface area (Å²) in [5.41, 5.74) is 1.72. The van der Waals surface area contributed by atoms with Crippen molar-refractivity contribution in [1.29, 1.82) is 0 Å². The SMILES string of the molecule is CCCC(C)n1c(-c2ccco2)csc1=Nc1ccc(S(=O)(=O)N2CCOCC2)cc1. The molecule has 0 N–H and O–H groups in total. The summed E-state index contributed by atoms with van der Waals surface area (Å²) < 4.78 is 40.2. The van der Waals surface area contributed by atoms with E-state index < -0.39 is 10.0 Å². The maximum atomic E-state index is 12.8. The van der Waals surface area contributed by atoms with E-state index in [0.29, 0.717) is 32.0 Å². The maximum absolute atomic E-state index is 12.8. The highest BCUT2D eigenvalue weighted by Gasteiger charge is 2.26. The van der Waals surface area contributed by atoms with E-state index >= 15 is 0 Å². The van der Waals surface area contributed by atoms with Crippen LogP contribution in [-0.4, -0.2) is 43.6 Å². The fourth-order valence-electron chi connectivity index (χ4n) is 3.72. The van der Waals surface area contributed by atoms with Crippen LogP contribution in [0, 0.1) is 0 Å². The normalized spacial score (nSPS) is 17.2. The highest BCUT2D eigenvalue weighted by atomic mass is 32.2. The molecule has 1 saturated heterocycles. The molecule has 1 atom stereocenters. The third-order valence-corrected chi connectivity index (χ3v) is 8.08. The standard InChI is InChI=1S/C22H27N3O4S2/c1-3-5-17(2)25-20(21-6-4-13-29-21)16-30-22(25)23-18-7-9-19(10-8-18)31(26,27)24-11-14-28-15-12-24/h4,6-10,13,16-17H,3,5,11-12,14-15H2,1-2H3. The molecule has 2 aromatic heterocycles. The summed E-state index contributed by atoms with van der Waals surface area (Å²) in [4.78, 5) is 5.96. The van der Waals surface area contributed by atoms with E-state index in [-0.39, 0.29) is 10.9 Å². The average Bonchev–Trinajstić information content (AvgIpc) is 3.45. The minimum Gasteiger partial charge on any atom is -0.463 e. The van der Waals surface area contributed by atoms with Crippen LogP contribution in [0.15, 0.2) is 62.3 Å². The molecule has 3 aromatic rings.